The summed E-state index contributed by atoms with van der Waals surface area (Å²) < 4.78 is 3.89. The van der Waals surface area contributed by atoms with E-state index >= 15 is 0 Å². The first-order chi connectivity index (χ1) is 10.3. The molecular formula is C16H13ClN2S2. The highest BCUT2D eigenvalue weighted by Gasteiger charge is 2.01. The van der Waals surface area contributed by atoms with E-state index in [-0.39, 0.29) is 0 Å². The Kier molecular flexibility index (Phi) is 4.91. The maximum Gasteiger partial charge on any atom is 0.105 e. The lowest BCUT2D eigenvalue weighted by Crippen LogP contribution is -1.85. The van der Waals surface area contributed by atoms with Gasteiger partial charge in [0.05, 0.1) is 0 Å². The van der Waals surface area contributed by atoms with Gasteiger partial charge in [-0.15, -0.1) is 5.10 Å². The summed E-state index contributed by atoms with van der Waals surface area (Å²) in [6, 6.07) is 16.6. The Bertz CT molecular complexity index is 679. The van der Waals surface area contributed by atoms with Crippen LogP contribution in [-0.2, 0) is 11.5 Å². The number of hydrogen-bond acceptors (Lipinski definition) is 4. The van der Waals surface area contributed by atoms with E-state index in [4.69, 9.17) is 11.6 Å². The summed E-state index contributed by atoms with van der Waals surface area (Å²) in [7, 11) is 0. The second kappa shape index (κ2) is 7.07. The molecule has 0 N–H and O–H groups in total. The molecular weight excluding hydrogens is 320 g/mol. The minimum atomic E-state index is 0.788. The van der Waals surface area contributed by atoms with E-state index in [1.807, 2.05) is 29.3 Å². The molecule has 1 aromatic heterocycles. The van der Waals surface area contributed by atoms with Crippen molar-refractivity contribution in [3.8, 4) is 11.3 Å². The molecule has 0 amide bonds. The van der Waals surface area contributed by atoms with Crippen molar-refractivity contribution in [1.82, 2.24) is 9.59 Å². The van der Waals surface area contributed by atoms with Gasteiger partial charge in [0, 0.05) is 27.5 Å². The molecule has 0 radical (unpaired) electrons. The first kappa shape index (κ1) is 14.6. The van der Waals surface area contributed by atoms with Crippen molar-refractivity contribution in [2.75, 3.05) is 0 Å². The second-order valence-electron chi connectivity index (χ2n) is 4.61. The molecule has 106 valence electrons. The summed E-state index contributed by atoms with van der Waals surface area (Å²) in [6.45, 7) is 0. The Morgan fingerprint density at radius 1 is 0.905 bits per heavy atom. The van der Waals surface area contributed by atoms with Crippen LogP contribution in [-0.4, -0.2) is 9.59 Å². The van der Waals surface area contributed by atoms with Crippen LogP contribution in [0.3, 0.4) is 0 Å². The van der Waals surface area contributed by atoms with Crippen molar-refractivity contribution in [1.29, 1.82) is 0 Å². The van der Waals surface area contributed by atoms with Gasteiger partial charge in [-0.3, -0.25) is 0 Å². The highest BCUT2D eigenvalue weighted by Crippen LogP contribution is 2.22. The largest absolute Gasteiger partial charge is 0.152 e. The molecule has 0 unspecified atom stereocenters. The predicted octanol–water partition coefficient (Wildman–Crippen LogP) is 5.29. The third-order valence-corrected chi connectivity index (χ3v) is 4.89. The Labute approximate surface area is 137 Å². The Hall–Kier alpha value is -1.36. The van der Waals surface area contributed by atoms with Crippen LogP contribution in [0.1, 0.15) is 11.1 Å². The number of aromatic nitrogens is 2. The maximum atomic E-state index is 5.88. The molecule has 0 saturated carbocycles. The molecule has 0 fully saturated rings. The monoisotopic (exact) mass is 332 g/mol. The van der Waals surface area contributed by atoms with Crippen molar-refractivity contribution in [3.63, 3.8) is 0 Å². The van der Waals surface area contributed by atoms with Crippen molar-refractivity contribution in [3.05, 3.63) is 70.1 Å². The summed E-state index contributed by atoms with van der Waals surface area (Å²) >= 11 is 9.16. The van der Waals surface area contributed by atoms with E-state index in [0.29, 0.717) is 0 Å². The third-order valence-electron chi connectivity index (χ3n) is 3.06. The molecule has 2 aromatic carbocycles. The highest BCUT2D eigenvalue weighted by atomic mass is 35.5. The van der Waals surface area contributed by atoms with Crippen LogP contribution in [0.15, 0.2) is 53.9 Å². The SMILES string of the molecule is Clc1ccc(CSCc2ccc(-c3csnn3)cc2)cc1. The average molecular weight is 333 g/mol. The zero-order chi connectivity index (χ0) is 14.5. The van der Waals surface area contributed by atoms with Gasteiger partial charge in [-0.05, 0) is 34.8 Å². The molecule has 3 rings (SSSR count). The quantitative estimate of drug-likeness (QED) is 0.634. The van der Waals surface area contributed by atoms with Gasteiger partial charge in [0.1, 0.15) is 5.69 Å². The summed E-state index contributed by atoms with van der Waals surface area (Å²) in [6.07, 6.45) is 0. The second-order valence-corrected chi connectivity index (χ2v) is 6.64. The van der Waals surface area contributed by atoms with Crippen molar-refractivity contribution < 1.29 is 0 Å². The van der Waals surface area contributed by atoms with Crippen molar-refractivity contribution in [2.45, 2.75) is 11.5 Å². The Morgan fingerprint density at radius 3 is 2.10 bits per heavy atom. The highest BCUT2D eigenvalue weighted by molar-refractivity contribution is 7.97. The topological polar surface area (TPSA) is 25.8 Å². The summed E-state index contributed by atoms with van der Waals surface area (Å²) in [5, 5.41) is 6.83. The fourth-order valence-corrected chi connectivity index (χ4v) is 3.48. The number of thioether (sulfide) groups is 1. The van der Waals surface area contributed by atoms with Crippen LogP contribution in [0.25, 0.3) is 11.3 Å². The number of nitrogens with zero attached hydrogens (tertiary/aromatic N) is 2. The van der Waals surface area contributed by atoms with Gasteiger partial charge >= 0.3 is 0 Å². The molecule has 0 spiro atoms. The fraction of sp³-hybridized carbons (Fsp3) is 0.125. The van der Waals surface area contributed by atoms with Crippen LogP contribution in [0.4, 0.5) is 0 Å². The lowest BCUT2D eigenvalue weighted by atomic mass is 10.1. The zero-order valence-corrected chi connectivity index (χ0v) is 13.6. The van der Waals surface area contributed by atoms with E-state index in [1.54, 1.807) is 0 Å². The molecule has 2 nitrogen and oxygen atoms in total. The smallest absolute Gasteiger partial charge is 0.105 e. The molecule has 0 aliphatic heterocycles. The van der Waals surface area contributed by atoms with Gasteiger partial charge in [0.25, 0.3) is 0 Å². The lowest BCUT2D eigenvalue weighted by molar-refractivity contribution is 1.16. The van der Waals surface area contributed by atoms with Crippen LogP contribution in [0.2, 0.25) is 5.02 Å². The average Bonchev–Trinajstić information content (AvgIpc) is 3.04. The van der Waals surface area contributed by atoms with Crippen LogP contribution < -0.4 is 0 Å². The van der Waals surface area contributed by atoms with Gasteiger partial charge in [-0.2, -0.15) is 11.8 Å². The maximum absolute atomic E-state index is 5.88. The molecule has 21 heavy (non-hydrogen) atoms. The van der Waals surface area contributed by atoms with Crippen LogP contribution >= 0.6 is 34.9 Å². The normalized spacial score (nSPS) is 10.7. The summed E-state index contributed by atoms with van der Waals surface area (Å²) in [5.41, 5.74) is 4.69. The van der Waals surface area contributed by atoms with Crippen molar-refractivity contribution >= 4 is 34.9 Å². The van der Waals surface area contributed by atoms with Crippen LogP contribution in [0.5, 0.6) is 0 Å². The molecule has 1 heterocycles. The first-order valence-electron chi connectivity index (χ1n) is 6.50. The molecule has 5 heteroatoms. The molecule has 3 aromatic rings. The van der Waals surface area contributed by atoms with E-state index in [0.717, 1.165) is 27.8 Å². The summed E-state index contributed by atoms with van der Waals surface area (Å²) in [4.78, 5) is 0. The molecule has 0 bridgehead atoms. The number of hydrogen-bond donors (Lipinski definition) is 0. The van der Waals surface area contributed by atoms with Crippen molar-refractivity contribution in [2.24, 2.45) is 0 Å². The molecule has 0 aliphatic rings. The molecule has 0 atom stereocenters. The predicted molar refractivity (Wildman–Crippen MR) is 91.8 cm³/mol. The Morgan fingerprint density at radius 2 is 1.52 bits per heavy atom. The van der Waals surface area contributed by atoms with Gasteiger partial charge in [-0.1, -0.05) is 52.5 Å². The van der Waals surface area contributed by atoms with E-state index in [2.05, 4.69) is 46.0 Å². The first-order valence-corrected chi connectivity index (χ1v) is 8.87. The lowest BCUT2D eigenvalue weighted by Gasteiger charge is -2.04. The van der Waals surface area contributed by atoms with Gasteiger partial charge in [0.15, 0.2) is 0 Å². The molecule has 0 saturated heterocycles. The fourth-order valence-electron chi connectivity index (χ4n) is 1.93. The number of rotatable bonds is 5. The number of halogens is 1. The van der Waals surface area contributed by atoms with Crippen LogP contribution in [0, 0.1) is 0 Å². The minimum Gasteiger partial charge on any atom is -0.152 e. The van der Waals surface area contributed by atoms with Gasteiger partial charge in [-0.25, -0.2) is 0 Å². The molecule has 0 aliphatic carbocycles. The van der Waals surface area contributed by atoms with Gasteiger partial charge < -0.3 is 0 Å². The number of benzene rings is 2. The third kappa shape index (κ3) is 4.06. The van der Waals surface area contributed by atoms with E-state index in [9.17, 15) is 0 Å². The van der Waals surface area contributed by atoms with Gasteiger partial charge in [0.2, 0.25) is 0 Å². The zero-order valence-electron chi connectivity index (χ0n) is 11.2. The Balaban J connectivity index is 1.55. The van der Waals surface area contributed by atoms with E-state index < -0.39 is 0 Å². The van der Waals surface area contributed by atoms with E-state index in [1.165, 1.54) is 22.7 Å². The minimum absolute atomic E-state index is 0.788. The summed E-state index contributed by atoms with van der Waals surface area (Å²) in [5.74, 6) is 1.99. The standard InChI is InChI=1S/C16H13ClN2S2/c17-15-7-3-13(4-8-15)10-20-9-12-1-5-14(6-2-12)16-11-21-19-18-16/h1-8,11H,9-10H2.